The van der Waals surface area contributed by atoms with Crippen LogP contribution in [0.2, 0.25) is 0 Å². The van der Waals surface area contributed by atoms with Crippen LogP contribution in [0.15, 0.2) is 29.1 Å². The molecule has 3 rings (SSSR count). The van der Waals surface area contributed by atoms with Gasteiger partial charge in [-0.05, 0) is 37.7 Å². The maximum Gasteiger partial charge on any atom is 0.261 e. The lowest BCUT2D eigenvalue weighted by atomic mass is 10.2. The molecule has 3 nitrogen and oxygen atoms in total. The first kappa shape index (κ1) is 14.0. The molecule has 0 N–H and O–H groups in total. The van der Waals surface area contributed by atoms with Crippen molar-refractivity contribution in [3.05, 3.63) is 40.4 Å². The first-order valence-corrected chi connectivity index (χ1v) is 8.40. The van der Waals surface area contributed by atoms with Crippen molar-refractivity contribution in [2.24, 2.45) is 0 Å². The van der Waals surface area contributed by atoms with Gasteiger partial charge in [0.25, 0.3) is 5.56 Å². The average Bonchev–Trinajstić information content (AvgIpc) is 2.94. The predicted octanol–water partition coefficient (Wildman–Crippen LogP) is 3.59. The SMILES string of the molecule is CC(Cl)c1nc2ccccc2c(=O)n1CC1CCCS1. The van der Waals surface area contributed by atoms with E-state index >= 15 is 0 Å². The van der Waals surface area contributed by atoms with E-state index in [0.717, 1.165) is 5.52 Å². The van der Waals surface area contributed by atoms with Crippen molar-refractivity contribution < 1.29 is 0 Å². The van der Waals surface area contributed by atoms with Crippen LogP contribution in [-0.4, -0.2) is 20.6 Å². The minimum atomic E-state index is -0.265. The van der Waals surface area contributed by atoms with Gasteiger partial charge in [0.15, 0.2) is 0 Å². The largest absolute Gasteiger partial charge is 0.294 e. The second-order valence-electron chi connectivity index (χ2n) is 5.15. The maximum absolute atomic E-state index is 12.7. The van der Waals surface area contributed by atoms with Gasteiger partial charge < -0.3 is 0 Å². The van der Waals surface area contributed by atoms with Crippen LogP contribution < -0.4 is 5.56 Å². The van der Waals surface area contributed by atoms with Gasteiger partial charge >= 0.3 is 0 Å². The van der Waals surface area contributed by atoms with Gasteiger partial charge in [0.1, 0.15) is 5.82 Å². The number of para-hydroxylation sites is 1. The van der Waals surface area contributed by atoms with Crippen molar-refractivity contribution in [2.75, 3.05) is 5.75 Å². The molecule has 2 heterocycles. The number of rotatable bonds is 3. The first-order valence-electron chi connectivity index (χ1n) is 6.92. The summed E-state index contributed by atoms with van der Waals surface area (Å²) < 4.78 is 1.78. The second-order valence-corrected chi connectivity index (χ2v) is 7.22. The summed E-state index contributed by atoms with van der Waals surface area (Å²) in [6, 6.07) is 7.48. The Morgan fingerprint density at radius 3 is 3.00 bits per heavy atom. The minimum Gasteiger partial charge on any atom is -0.294 e. The Hall–Kier alpha value is -1.00. The molecule has 2 atom stereocenters. The fraction of sp³-hybridized carbons (Fsp3) is 0.467. The van der Waals surface area contributed by atoms with Gasteiger partial charge in [-0.3, -0.25) is 9.36 Å². The van der Waals surface area contributed by atoms with Crippen LogP contribution in [-0.2, 0) is 6.54 Å². The average molecular weight is 309 g/mol. The van der Waals surface area contributed by atoms with Gasteiger partial charge in [-0.1, -0.05) is 12.1 Å². The van der Waals surface area contributed by atoms with Crippen molar-refractivity contribution in [1.29, 1.82) is 0 Å². The summed E-state index contributed by atoms with van der Waals surface area (Å²) in [6.07, 6.45) is 2.40. The number of hydrogen-bond acceptors (Lipinski definition) is 3. The third-order valence-electron chi connectivity index (χ3n) is 3.66. The van der Waals surface area contributed by atoms with E-state index in [1.54, 1.807) is 4.57 Å². The third kappa shape index (κ3) is 2.59. The van der Waals surface area contributed by atoms with Gasteiger partial charge in [0, 0.05) is 11.8 Å². The zero-order valence-electron chi connectivity index (χ0n) is 11.4. The van der Waals surface area contributed by atoms with E-state index in [0.29, 0.717) is 23.0 Å². The van der Waals surface area contributed by atoms with Crippen molar-refractivity contribution in [2.45, 2.75) is 36.9 Å². The van der Waals surface area contributed by atoms with Gasteiger partial charge in [-0.25, -0.2) is 4.98 Å². The molecule has 106 valence electrons. The smallest absolute Gasteiger partial charge is 0.261 e. The van der Waals surface area contributed by atoms with E-state index in [1.807, 2.05) is 43.0 Å². The molecular weight excluding hydrogens is 292 g/mol. The Labute approximate surface area is 127 Å². The Kier molecular flexibility index (Phi) is 4.03. The number of fused-ring (bicyclic) bond motifs is 1. The highest BCUT2D eigenvalue weighted by atomic mass is 35.5. The molecule has 0 bridgehead atoms. The molecule has 0 radical (unpaired) electrons. The quantitative estimate of drug-likeness (QED) is 0.813. The van der Waals surface area contributed by atoms with Crippen LogP contribution in [0, 0.1) is 0 Å². The lowest BCUT2D eigenvalue weighted by Crippen LogP contribution is -2.29. The summed E-state index contributed by atoms with van der Waals surface area (Å²) in [5.74, 6) is 1.87. The topological polar surface area (TPSA) is 34.9 Å². The highest BCUT2D eigenvalue weighted by molar-refractivity contribution is 8.00. The van der Waals surface area contributed by atoms with Crippen LogP contribution in [0.3, 0.4) is 0 Å². The molecule has 5 heteroatoms. The fourth-order valence-electron chi connectivity index (χ4n) is 2.66. The van der Waals surface area contributed by atoms with Crippen molar-refractivity contribution in [3.63, 3.8) is 0 Å². The van der Waals surface area contributed by atoms with E-state index < -0.39 is 0 Å². The molecule has 0 aliphatic carbocycles. The number of benzene rings is 1. The third-order valence-corrected chi connectivity index (χ3v) is 5.23. The summed E-state index contributed by atoms with van der Waals surface area (Å²) in [5, 5.41) is 0.917. The zero-order valence-corrected chi connectivity index (χ0v) is 13.0. The Morgan fingerprint density at radius 2 is 2.30 bits per heavy atom. The van der Waals surface area contributed by atoms with Crippen LogP contribution in [0.4, 0.5) is 0 Å². The molecular formula is C15H17ClN2OS. The maximum atomic E-state index is 12.7. The van der Waals surface area contributed by atoms with Gasteiger partial charge in [0.2, 0.25) is 0 Å². The molecule has 1 fully saturated rings. The summed E-state index contributed by atoms with van der Waals surface area (Å²) in [5.41, 5.74) is 0.765. The predicted molar refractivity (Wildman–Crippen MR) is 85.8 cm³/mol. The van der Waals surface area contributed by atoms with E-state index in [-0.39, 0.29) is 10.9 Å². The van der Waals surface area contributed by atoms with Crippen LogP contribution in [0.25, 0.3) is 10.9 Å². The van der Waals surface area contributed by atoms with Crippen molar-refractivity contribution in [3.8, 4) is 0 Å². The molecule has 2 unspecified atom stereocenters. The fourth-order valence-corrected chi connectivity index (χ4v) is 4.08. The number of aromatic nitrogens is 2. The first-order chi connectivity index (χ1) is 9.66. The van der Waals surface area contributed by atoms with Gasteiger partial charge in [0.05, 0.1) is 16.3 Å². The standard InChI is InChI=1S/C15H17ClN2OS/c1-10(16)14-17-13-7-3-2-6-12(13)15(19)18(14)9-11-5-4-8-20-11/h2-3,6-7,10-11H,4-5,8-9H2,1H3. The molecule has 20 heavy (non-hydrogen) atoms. The lowest BCUT2D eigenvalue weighted by molar-refractivity contribution is 0.583. The van der Waals surface area contributed by atoms with Gasteiger partial charge in [-0.15, -0.1) is 11.6 Å². The Morgan fingerprint density at radius 1 is 1.50 bits per heavy atom. The Balaban J connectivity index is 2.13. The summed E-state index contributed by atoms with van der Waals surface area (Å²) in [7, 11) is 0. The highest BCUT2D eigenvalue weighted by Crippen LogP contribution is 2.28. The number of hydrogen-bond donors (Lipinski definition) is 0. The molecule has 1 aromatic carbocycles. The number of thioether (sulfide) groups is 1. The molecule has 0 saturated carbocycles. The molecule has 2 aromatic rings. The number of alkyl halides is 1. The minimum absolute atomic E-state index is 0.0330. The summed E-state index contributed by atoms with van der Waals surface area (Å²) >= 11 is 8.18. The number of halogens is 1. The summed E-state index contributed by atoms with van der Waals surface area (Å²) in [4.78, 5) is 17.3. The van der Waals surface area contributed by atoms with E-state index in [2.05, 4.69) is 4.98 Å². The van der Waals surface area contributed by atoms with E-state index in [1.165, 1.54) is 18.6 Å². The van der Waals surface area contributed by atoms with Crippen molar-refractivity contribution in [1.82, 2.24) is 9.55 Å². The summed E-state index contributed by atoms with van der Waals surface area (Å²) in [6.45, 7) is 2.59. The molecule has 1 aliphatic rings. The van der Waals surface area contributed by atoms with Gasteiger partial charge in [-0.2, -0.15) is 11.8 Å². The molecule has 0 spiro atoms. The molecule has 0 amide bonds. The monoisotopic (exact) mass is 308 g/mol. The van der Waals surface area contributed by atoms with E-state index in [9.17, 15) is 4.79 Å². The molecule has 1 saturated heterocycles. The lowest BCUT2D eigenvalue weighted by Gasteiger charge is -2.17. The highest BCUT2D eigenvalue weighted by Gasteiger charge is 2.21. The van der Waals surface area contributed by atoms with E-state index in [4.69, 9.17) is 11.6 Å². The zero-order chi connectivity index (χ0) is 14.1. The van der Waals surface area contributed by atoms with Crippen molar-refractivity contribution >= 4 is 34.3 Å². The van der Waals surface area contributed by atoms with Crippen LogP contribution in [0.1, 0.15) is 31.0 Å². The Bertz CT molecular complexity index is 677. The molecule has 1 aliphatic heterocycles. The normalized spacial score (nSPS) is 20.4. The van der Waals surface area contributed by atoms with Crippen LogP contribution in [0.5, 0.6) is 0 Å². The number of nitrogens with zero attached hydrogens (tertiary/aromatic N) is 2. The van der Waals surface area contributed by atoms with Crippen LogP contribution >= 0.6 is 23.4 Å². The molecule has 1 aromatic heterocycles. The second kappa shape index (κ2) is 5.78.